The van der Waals surface area contributed by atoms with E-state index < -0.39 is 11.6 Å². The van der Waals surface area contributed by atoms with Gasteiger partial charge in [-0.15, -0.1) is 0 Å². The molecule has 0 amide bonds. The average Bonchev–Trinajstić information content (AvgIpc) is 2.46. The highest BCUT2D eigenvalue weighted by Gasteiger charge is 2.20. The molecule has 0 fully saturated rings. The van der Waals surface area contributed by atoms with Gasteiger partial charge >= 0.3 is 0 Å². The second-order valence-electron chi connectivity index (χ2n) is 5.11. The monoisotopic (exact) mass is 274 g/mol. The van der Waals surface area contributed by atoms with E-state index in [0.29, 0.717) is 12.1 Å². The Bertz CT molecular complexity index is 613. The van der Waals surface area contributed by atoms with E-state index in [1.54, 1.807) is 6.20 Å². The molecule has 2 nitrogen and oxygen atoms in total. The highest BCUT2D eigenvalue weighted by molar-refractivity contribution is 5.26. The summed E-state index contributed by atoms with van der Waals surface area (Å²) in [5.74, 6) is -1.05. The molecule has 1 aliphatic rings. The first-order valence-corrected chi connectivity index (χ1v) is 6.85. The normalized spacial score (nSPS) is 17.8. The van der Waals surface area contributed by atoms with Crippen molar-refractivity contribution in [2.75, 3.05) is 0 Å². The fraction of sp³-hybridized carbons (Fsp3) is 0.312. The Labute approximate surface area is 116 Å². The molecule has 1 aliphatic carbocycles. The number of benzene rings is 1. The predicted octanol–water partition coefficient (Wildman–Crippen LogP) is 3.53. The molecule has 0 saturated heterocycles. The van der Waals surface area contributed by atoms with E-state index in [1.165, 1.54) is 17.7 Å². The summed E-state index contributed by atoms with van der Waals surface area (Å²) >= 11 is 0. The fourth-order valence-corrected chi connectivity index (χ4v) is 2.71. The summed E-state index contributed by atoms with van der Waals surface area (Å²) in [6.07, 6.45) is 4.93. The molecule has 1 atom stereocenters. The number of halogens is 2. The second kappa shape index (κ2) is 5.67. The van der Waals surface area contributed by atoms with E-state index in [4.69, 9.17) is 0 Å². The summed E-state index contributed by atoms with van der Waals surface area (Å²) in [6.45, 7) is 0.382. The van der Waals surface area contributed by atoms with E-state index in [9.17, 15) is 8.78 Å². The molecule has 0 radical (unpaired) electrons. The number of pyridine rings is 1. The predicted molar refractivity (Wildman–Crippen MR) is 73.1 cm³/mol. The number of aryl methyl sites for hydroxylation is 1. The number of hydrogen-bond donors (Lipinski definition) is 1. The van der Waals surface area contributed by atoms with Crippen LogP contribution in [-0.4, -0.2) is 4.98 Å². The van der Waals surface area contributed by atoms with Gasteiger partial charge in [-0.1, -0.05) is 12.1 Å². The highest BCUT2D eigenvalue weighted by atomic mass is 19.1. The molecule has 2 aromatic rings. The van der Waals surface area contributed by atoms with E-state index in [-0.39, 0.29) is 6.04 Å². The third kappa shape index (κ3) is 2.70. The van der Waals surface area contributed by atoms with Crippen LogP contribution in [0.1, 0.15) is 35.7 Å². The summed E-state index contributed by atoms with van der Waals surface area (Å²) in [5.41, 5.74) is 2.80. The Morgan fingerprint density at radius 3 is 3.00 bits per heavy atom. The molecule has 1 unspecified atom stereocenters. The fourth-order valence-electron chi connectivity index (χ4n) is 2.71. The summed E-state index contributed by atoms with van der Waals surface area (Å²) in [4.78, 5) is 4.43. The topological polar surface area (TPSA) is 24.9 Å². The Morgan fingerprint density at radius 1 is 1.25 bits per heavy atom. The molecule has 4 heteroatoms. The van der Waals surface area contributed by atoms with Crippen molar-refractivity contribution < 1.29 is 8.78 Å². The molecule has 0 saturated carbocycles. The standard InChI is InChI=1S/C16H16F2N2/c17-13-7-6-12(14(18)9-13)10-20-15-5-1-3-11-4-2-8-19-16(11)15/h2,4,6-9,15,20H,1,3,5,10H2. The van der Waals surface area contributed by atoms with Crippen LogP contribution in [0, 0.1) is 11.6 Å². The lowest BCUT2D eigenvalue weighted by Crippen LogP contribution is -2.26. The Morgan fingerprint density at radius 2 is 2.15 bits per heavy atom. The summed E-state index contributed by atoms with van der Waals surface area (Å²) < 4.78 is 26.5. The molecular formula is C16H16F2N2. The van der Waals surface area contributed by atoms with Gasteiger partial charge in [0.25, 0.3) is 0 Å². The molecule has 1 N–H and O–H groups in total. The minimum absolute atomic E-state index is 0.143. The smallest absolute Gasteiger partial charge is 0.130 e. The zero-order chi connectivity index (χ0) is 13.9. The van der Waals surface area contributed by atoms with Crippen LogP contribution < -0.4 is 5.32 Å². The van der Waals surface area contributed by atoms with Gasteiger partial charge in [0.05, 0.1) is 11.7 Å². The van der Waals surface area contributed by atoms with Crippen molar-refractivity contribution in [2.45, 2.75) is 31.8 Å². The van der Waals surface area contributed by atoms with Crippen molar-refractivity contribution in [3.05, 3.63) is 65.0 Å². The van der Waals surface area contributed by atoms with Gasteiger partial charge in [-0.25, -0.2) is 8.78 Å². The zero-order valence-corrected chi connectivity index (χ0v) is 11.1. The lowest BCUT2D eigenvalue weighted by molar-refractivity contribution is 0.441. The SMILES string of the molecule is Fc1ccc(CNC2CCCc3cccnc32)c(F)c1. The number of fused-ring (bicyclic) bond motifs is 1. The number of hydrogen-bond acceptors (Lipinski definition) is 2. The van der Waals surface area contributed by atoms with Gasteiger partial charge in [-0.2, -0.15) is 0 Å². The first kappa shape index (κ1) is 13.2. The van der Waals surface area contributed by atoms with Gasteiger partial charge in [-0.05, 0) is 37.0 Å². The third-order valence-corrected chi connectivity index (χ3v) is 3.75. The number of rotatable bonds is 3. The Hall–Kier alpha value is -1.81. The molecule has 1 aromatic carbocycles. The Balaban J connectivity index is 1.73. The number of nitrogens with zero attached hydrogens (tertiary/aromatic N) is 1. The lowest BCUT2D eigenvalue weighted by Gasteiger charge is -2.25. The van der Waals surface area contributed by atoms with Crippen LogP contribution in [0.15, 0.2) is 36.5 Å². The van der Waals surface area contributed by atoms with Crippen LogP contribution >= 0.6 is 0 Å². The van der Waals surface area contributed by atoms with Gasteiger partial charge in [0, 0.05) is 24.4 Å². The summed E-state index contributed by atoms with van der Waals surface area (Å²) in [7, 11) is 0. The molecule has 1 heterocycles. The minimum atomic E-state index is -0.545. The van der Waals surface area contributed by atoms with Crippen molar-refractivity contribution in [3.63, 3.8) is 0 Å². The molecular weight excluding hydrogens is 258 g/mol. The third-order valence-electron chi connectivity index (χ3n) is 3.75. The average molecular weight is 274 g/mol. The summed E-state index contributed by atoms with van der Waals surface area (Å²) in [5, 5.41) is 3.33. The maximum absolute atomic E-state index is 13.6. The number of nitrogens with one attached hydrogen (secondary N) is 1. The summed E-state index contributed by atoms with van der Waals surface area (Å²) in [6, 6.07) is 7.87. The van der Waals surface area contributed by atoms with Gasteiger partial charge in [0.2, 0.25) is 0 Å². The van der Waals surface area contributed by atoms with Crippen LogP contribution in [0.5, 0.6) is 0 Å². The first-order valence-electron chi connectivity index (χ1n) is 6.85. The first-order chi connectivity index (χ1) is 9.74. The zero-order valence-electron chi connectivity index (χ0n) is 11.1. The molecule has 0 bridgehead atoms. The van der Waals surface area contributed by atoms with Crippen molar-refractivity contribution in [2.24, 2.45) is 0 Å². The molecule has 0 spiro atoms. The quantitative estimate of drug-likeness (QED) is 0.926. The van der Waals surface area contributed by atoms with Gasteiger partial charge in [0.1, 0.15) is 11.6 Å². The Kier molecular flexibility index (Phi) is 3.74. The maximum Gasteiger partial charge on any atom is 0.130 e. The van der Waals surface area contributed by atoms with Gasteiger partial charge in [-0.3, -0.25) is 4.98 Å². The van der Waals surface area contributed by atoms with Crippen molar-refractivity contribution in [1.82, 2.24) is 10.3 Å². The maximum atomic E-state index is 13.6. The van der Waals surface area contributed by atoms with E-state index in [1.807, 2.05) is 6.07 Å². The molecule has 20 heavy (non-hydrogen) atoms. The van der Waals surface area contributed by atoms with Crippen LogP contribution in [0.4, 0.5) is 8.78 Å². The van der Waals surface area contributed by atoms with E-state index >= 15 is 0 Å². The van der Waals surface area contributed by atoms with Crippen LogP contribution in [-0.2, 0) is 13.0 Å². The highest BCUT2D eigenvalue weighted by Crippen LogP contribution is 2.28. The van der Waals surface area contributed by atoms with Crippen molar-refractivity contribution >= 4 is 0 Å². The van der Waals surface area contributed by atoms with Crippen LogP contribution in [0.2, 0.25) is 0 Å². The lowest BCUT2D eigenvalue weighted by atomic mass is 9.92. The molecule has 3 rings (SSSR count). The van der Waals surface area contributed by atoms with Crippen molar-refractivity contribution in [3.8, 4) is 0 Å². The second-order valence-corrected chi connectivity index (χ2v) is 5.11. The molecule has 0 aliphatic heterocycles. The van der Waals surface area contributed by atoms with Crippen LogP contribution in [0.3, 0.4) is 0 Å². The molecule has 104 valence electrons. The van der Waals surface area contributed by atoms with Gasteiger partial charge in [0.15, 0.2) is 0 Å². The van der Waals surface area contributed by atoms with Crippen molar-refractivity contribution in [1.29, 1.82) is 0 Å². The minimum Gasteiger partial charge on any atom is -0.304 e. The van der Waals surface area contributed by atoms with Gasteiger partial charge < -0.3 is 5.32 Å². The van der Waals surface area contributed by atoms with E-state index in [0.717, 1.165) is 31.0 Å². The molecule has 1 aromatic heterocycles. The number of aromatic nitrogens is 1. The van der Waals surface area contributed by atoms with E-state index in [2.05, 4.69) is 16.4 Å². The van der Waals surface area contributed by atoms with Crippen LogP contribution in [0.25, 0.3) is 0 Å². The largest absolute Gasteiger partial charge is 0.304 e.